The van der Waals surface area contributed by atoms with Crippen LogP contribution in [-0.4, -0.2) is 43.1 Å². The minimum atomic E-state index is -2.57. The predicted molar refractivity (Wildman–Crippen MR) is 39.2 cm³/mol. The fourth-order valence-corrected chi connectivity index (χ4v) is 0.629. The molecule has 0 aromatic carbocycles. The van der Waals surface area contributed by atoms with Crippen molar-refractivity contribution in [2.45, 2.75) is 0 Å². The summed E-state index contributed by atoms with van der Waals surface area (Å²) in [4.78, 5) is 1.88. The molecule has 10 heavy (non-hydrogen) atoms. The first-order valence-electron chi connectivity index (χ1n) is 2.97. The molecule has 0 aliphatic heterocycles. The molecule has 0 fully saturated rings. The molecule has 0 aromatic heterocycles. The van der Waals surface area contributed by atoms with E-state index in [9.17, 15) is 7.77 Å². The predicted octanol–water partition coefficient (Wildman–Crippen LogP) is 0.761. The van der Waals surface area contributed by atoms with Gasteiger partial charge in [-0.15, -0.1) is 0 Å². The molecule has 0 bridgehead atoms. The summed E-state index contributed by atoms with van der Waals surface area (Å²) in [6.07, 6.45) is 0. The van der Waals surface area contributed by atoms with Crippen molar-refractivity contribution in [2.75, 3.05) is 34.2 Å². The van der Waals surface area contributed by atoms with Gasteiger partial charge in [0.05, 0.1) is 6.54 Å². The Morgan fingerprint density at radius 3 is 2.20 bits per heavy atom. The zero-order chi connectivity index (χ0) is 8.15. The molecule has 0 atom stereocenters. The molecule has 0 saturated carbocycles. The van der Waals surface area contributed by atoms with Crippen molar-refractivity contribution in [1.29, 1.82) is 0 Å². The molecule has 0 rings (SSSR count). The third-order valence-electron chi connectivity index (χ3n) is 1.10. The van der Waals surface area contributed by atoms with Crippen LogP contribution in [0.4, 0.5) is 7.77 Å². The van der Waals surface area contributed by atoms with Gasteiger partial charge in [-0.1, -0.05) is 7.77 Å². The van der Waals surface area contributed by atoms with Crippen LogP contribution in [0, 0.1) is 0 Å². The molecule has 2 nitrogen and oxygen atoms in total. The van der Waals surface area contributed by atoms with Crippen LogP contribution in [0.1, 0.15) is 0 Å². The number of halogens is 2. The van der Waals surface area contributed by atoms with Gasteiger partial charge in [0.1, 0.15) is 7.05 Å². The van der Waals surface area contributed by atoms with E-state index in [-0.39, 0.29) is 0 Å². The monoisotopic (exact) mass is 171 g/mol. The lowest BCUT2D eigenvalue weighted by atomic mass is 10.6. The van der Waals surface area contributed by atoms with Gasteiger partial charge in [0.15, 0.2) is 6.54 Å². The number of nitrogens with zero attached hydrogens (tertiary/aromatic N) is 2. The van der Waals surface area contributed by atoms with Crippen LogP contribution in [0.25, 0.3) is 0 Å². The van der Waals surface area contributed by atoms with E-state index in [1.165, 1.54) is 7.05 Å². The van der Waals surface area contributed by atoms with Gasteiger partial charge in [0.25, 0.3) is 0 Å². The Labute approximate surface area is 63.1 Å². The zero-order valence-electron chi connectivity index (χ0n) is 6.47. The van der Waals surface area contributed by atoms with Gasteiger partial charge in [-0.25, -0.2) is 0 Å². The van der Waals surface area contributed by atoms with Crippen molar-refractivity contribution in [3.05, 3.63) is 0 Å². The molecule has 62 valence electrons. The first-order valence-corrected chi connectivity index (χ1v) is 3.95. The summed E-state index contributed by atoms with van der Waals surface area (Å²) in [7, 11) is 5.15. The van der Waals surface area contributed by atoms with Crippen LogP contribution in [0.5, 0.6) is 0 Å². The first-order chi connectivity index (χ1) is 4.54. The van der Waals surface area contributed by atoms with E-state index >= 15 is 0 Å². The number of rotatable bonds is 3. The molecule has 0 radical (unpaired) electrons. The zero-order valence-corrected chi connectivity index (χ0v) is 7.29. The van der Waals surface area contributed by atoms with Crippen LogP contribution < -0.4 is 0 Å². The van der Waals surface area contributed by atoms with E-state index in [1.54, 1.807) is 0 Å². The lowest BCUT2D eigenvalue weighted by Gasteiger charge is -2.04. The maximum Gasteiger partial charge on any atom is 0.423 e. The highest BCUT2D eigenvalue weighted by Crippen LogP contribution is 1.89. The van der Waals surface area contributed by atoms with E-state index in [4.69, 9.17) is 0 Å². The Bertz CT molecular complexity index is 132. The van der Waals surface area contributed by atoms with Crippen LogP contribution in [0.2, 0.25) is 0 Å². The second-order valence-electron chi connectivity index (χ2n) is 2.35. The molecule has 5 heteroatoms. The van der Waals surface area contributed by atoms with Crippen molar-refractivity contribution in [3.8, 4) is 0 Å². The third-order valence-corrected chi connectivity index (χ3v) is 1.75. The van der Waals surface area contributed by atoms with Crippen LogP contribution >= 0.6 is 0 Å². The minimum absolute atomic E-state index is 0.420. The molecule has 0 aliphatic carbocycles. The average Bonchev–Trinajstić information content (AvgIpc) is 1.82. The Hall–Kier alpha value is -0.0300. The molecule has 0 aromatic rings. The van der Waals surface area contributed by atoms with Crippen LogP contribution in [0.15, 0.2) is 0 Å². The second kappa shape index (κ2) is 4.73. The summed E-state index contributed by atoms with van der Waals surface area (Å²) < 4.78 is 24.7. The second-order valence-corrected chi connectivity index (χ2v) is 3.37. The lowest BCUT2D eigenvalue weighted by Crippen LogP contribution is -2.22. The molecule has 0 saturated heterocycles. The number of likely N-dealkylation sites (N-methyl/N-ethyl adjacent to an activating group) is 2. The molecule has 0 aliphatic rings. The molecular weight excluding hydrogens is 158 g/mol. The normalized spacial score (nSPS) is 11.1. The highest BCUT2D eigenvalue weighted by molar-refractivity contribution is 7.74. The van der Waals surface area contributed by atoms with Gasteiger partial charge in [0, 0.05) is 0 Å². The van der Waals surface area contributed by atoms with E-state index in [1.807, 2.05) is 19.0 Å². The summed E-state index contributed by atoms with van der Waals surface area (Å²) in [6.45, 7) is 1.09. The van der Waals surface area contributed by atoms with Crippen molar-refractivity contribution in [1.82, 2.24) is 4.90 Å². The fraction of sp³-hybridized carbons (Fsp3) is 1.00. The maximum absolute atomic E-state index is 11.8. The van der Waals surface area contributed by atoms with Crippen molar-refractivity contribution in [2.24, 2.45) is 0 Å². The molecule has 0 unspecified atom stereocenters. The van der Waals surface area contributed by atoms with Crippen molar-refractivity contribution < 1.29 is 11.7 Å². The van der Waals surface area contributed by atoms with E-state index in [2.05, 4.69) is 0 Å². The summed E-state index contributed by atoms with van der Waals surface area (Å²) in [5.74, 6) is 0. The Kier molecular flexibility index (Phi) is 4.72. The maximum atomic E-state index is 11.8. The highest BCUT2D eigenvalue weighted by atomic mass is 32.2. The Morgan fingerprint density at radius 2 is 1.90 bits per heavy atom. The average molecular weight is 171 g/mol. The standard InChI is InChI=1S/C5H13F2N2S/c1-8(2)4-5-9(3)10(6)7/h4-5H2,1-3H3/q+1. The van der Waals surface area contributed by atoms with Gasteiger partial charge in [-0.3, -0.25) is 0 Å². The molecule has 0 N–H and O–H groups in total. The van der Waals surface area contributed by atoms with Gasteiger partial charge in [-0.2, -0.15) is 3.95 Å². The largest absolute Gasteiger partial charge is 0.423 e. The van der Waals surface area contributed by atoms with Gasteiger partial charge in [0.2, 0.25) is 0 Å². The van der Waals surface area contributed by atoms with E-state index in [0.717, 1.165) is 3.95 Å². The van der Waals surface area contributed by atoms with E-state index < -0.39 is 11.5 Å². The number of hydrogen-bond donors (Lipinski definition) is 0. The molecule has 0 amide bonds. The quantitative estimate of drug-likeness (QED) is 0.568. The topological polar surface area (TPSA) is 6.25 Å². The van der Waals surface area contributed by atoms with Gasteiger partial charge in [-0.05, 0) is 14.1 Å². The van der Waals surface area contributed by atoms with Crippen molar-refractivity contribution >= 4 is 11.5 Å². The molecule has 0 heterocycles. The molecule has 0 spiro atoms. The number of hydrogen-bond acceptors (Lipinski definition) is 1. The SMILES string of the molecule is CN(C)CC[N+](C)=S(F)F. The summed E-state index contributed by atoms with van der Waals surface area (Å²) >= 11 is -2.57. The third kappa shape index (κ3) is 4.81. The van der Waals surface area contributed by atoms with Gasteiger partial charge < -0.3 is 4.90 Å². The fourth-order valence-electron chi connectivity index (χ4n) is 0.410. The molecular formula is C5H13F2N2S+. The Morgan fingerprint density at radius 1 is 1.40 bits per heavy atom. The van der Waals surface area contributed by atoms with Crippen molar-refractivity contribution in [3.63, 3.8) is 0 Å². The van der Waals surface area contributed by atoms with E-state index in [0.29, 0.717) is 13.1 Å². The Balaban J connectivity index is 3.60. The minimum Gasteiger partial charge on any atom is -0.303 e. The summed E-state index contributed by atoms with van der Waals surface area (Å²) in [6, 6.07) is 0. The van der Waals surface area contributed by atoms with Crippen LogP contribution in [0.3, 0.4) is 0 Å². The smallest absolute Gasteiger partial charge is 0.303 e. The summed E-state index contributed by atoms with van der Waals surface area (Å²) in [5, 5.41) is 0. The highest BCUT2D eigenvalue weighted by Gasteiger charge is 2.05. The summed E-state index contributed by atoms with van der Waals surface area (Å²) in [5.41, 5.74) is 0. The van der Waals surface area contributed by atoms with Gasteiger partial charge >= 0.3 is 11.5 Å². The first kappa shape index (κ1) is 9.97. The van der Waals surface area contributed by atoms with Crippen LogP contribution in [-0.2, 0) is 11.5 Å². The lowest BCUT2D eigenvalue weighted by molar-refractivity contribution is -0.476.